The molecule has 0 unspecified atom stereocenters. The molecule has 84 valence electrons. The monoisotopic (exact) mass is 212 g/mol. The lowest BCUT2D eigenvalue weighted by Crippen LogP contribution is -2.34. The molecule has 0 aliphatic carbocycles. The molecular formula is C11H16O4. The lowest BCUT2D eigenvalue weighted by atomic mass is 9.99. The molecule has 0 saturated carbocycles. The highest BCUT2D eigenvalue weighted by Crippen LogP contribution is 2.21. The average molecular weight is 212 g/mol. The first kappa shape index (κ1) is 11.9. The van der Waals surface area contributed by atoms with Gasteiger partial charge in [0.15, 0.2) is 0 Å². The van der Waals surface area contributed by atoms with E-state index < -0.39 is 0 Å². The van der Waals surface area contributed by atoms with Crippen LogP contribution >= 0.6 is 0 Å². The summed E-state index contributed by atoms with van der Waals surface area (Å²) in [6, 6.07) is 0. The Morgan fingerprint density at radius 1 is 1.60 bits per heavy atom. The van der Waals surface area contributed by atoms with Crippen LogP contribution in [-0.2, 0) is 19.1 Å². The zero-order valence-electron chi connectivity index (χ0n) is 8.90. The predicted octanol–water partition coefficient (Wildman–Crippen LogP) is 1.24. The molecule has 0 bridgehead atoms. The smallest absolute Gasteiger partial charge is 0.308 e. The van der Waals surface area contributed by atoms with Crippen LogP contribution in [0.3, 0.4) is 0 Å². The van der Waals surface area contributed by atoms with Crippen molar-refractivity contribution in [3.05, 3.63) is 12.7 Å². The van der Waals surface area contributed by atoms with Gasteiger partial charge in [-0.05, 0) is 6.42 Å². The Morgan fingerprint density at radius 2 is 2.27 bits per heavy atom. The molecule has 1 fully saturated rings. The fraction of sp³-hybridized carbons (Fsp3) is 0.636. The Bertz CT molecular complexity index is 259. The van der Waals surface area contributed by atoms with Crippen LogP contribution in [0.25, 0.3) is 0 Å². The van der Waals surface area contributed by atoms with Crippen molar-refractivity contribution >= 4 is 11.8 Å². The zero-order valence-corrected chi connectivity index (χ0v) is 8.90. The van der Waals surface area contributed by atoms with Gasteiger partial charge in [0.05, 0.1) is 25.7 Å². The van der Waals surface area contributed by atoms with Gasteiger partial charge in [0.25, 0.3) is 0 Å². The Kier molecular flexibility index (Phi) is 4.49. The van der Waals surface area contributed by atoms with Gasteiger partial charge in [-0.25, -0.2) is 0 Å². The number of hydrogen-bond acceptors (Lipinski definition) is 4. The van der Waals surface area contributed by atoms with Crippen LogP contribution in [-0.4, -0.2) is 31.1 Å². The quantitative estimate of drug-likeness (QED) is 0.519. The van der Waals surface area contributed by atoms with Gasteiger partial charge < -0.3 is 9.47 Å². The first-order valence-electron chi connectivity index (χ1n) is 5.00. The molecule has 4 heteroatoms. The third kappa shape index (κ3) is 3.83. The second-order valence-corrected chi connectivity index (χ2v) is 3.63. The fourth-order valence-electron chi connectivity index (χ4n) is 1.67. The number of methoxy groups -OCH3 is 1. The van der Waals surface area contributed by atoms with E-state index in [0.29, 0.717) is 19.3 Å². The molecule has 4 nitrogen and oxygen atoms in total. The summed E-state index contributed by atoms with van der Waals surface area (Å²) < 4.78 is 10.1. The maximum Gasteiger partial charge on any atom is 0.308 e. The highest BCUT2D eigenvalue weighted by Gasteiger charge is 2.28. The van der Waals surface area contributed by atoms with E-state index >= 15 is 0 Å². The van der Waals surface area contributed by atoms with E-state index in [1.165, 1.54) is 7.11 Å². The van der Waals surface area contributed by atoms with Crippen molar-refractivity contribution in [3.8, 4) is 0 Å². The summed E-state index contributed by atoms with van der Waals surface area (Å²) in [5.41, 5.74) is 0. The van der Waals surface area contributed by atoms with E-state index in [4.69, 9.17) is 4.74 Å². The number of hydrogen-bond donors (Lipinski definition) is 0. The van der Waals surface area contributed by atoms with Crippen LogP contribution in [0.15, 0.2) is 12.7 Å². The van der Waals surface area contributed by atoms with Crippen molar-refractivity contribution in [2.45, 2.75) is 37.9 Å². The van der Waals surface area contributed by atoms with Gasteiger partial charge in [-0.3, -0.25) is 9.59 Å². The first-order valence-corrected chi connectivity index (χ1v) is 5.00. The molecule has 0 aromatic carbocycles. The van der Waals surface area contributed by atoms with Gasteiger partial charge >= 0.3 is 5.97 Å². The highest BCUT2D eigenvalue weighted by atomic mass is 16.5. The van der Waals surface area contributed by atoms with Gasteiger partial charge in [-0.1, -0.05) is 6.08 Å². The van der Waals surface area contributed by atoms with Gasteiger partial charge in [0, 0.05) is 12.8 Å². The van der Waals surface area contributed by atoms with E-state index in [1.807, 2.05) is 0 Å². The van der Waals surface area contributed by atoms with Crippen LogP contribution in [0.1, 0.15) is 25.7 Å². The molecule has 0 aromatic rings. The molecule has 0 spiro atoms. The Morgan fingerprint density at radius 3 is 2.87 bits per heavy atom. The van der Waals surface area contributed by atoms with Crippen molar-refractivity contribution in [2.24, 2.45) is 0 Å². The predicted molar refractivity (Wildman–Crippen MR) is 54.3 cm³/mol. The maximum atomic E-state index is 11.4. The topological polar surface area (TPSA) is 52.6 Å². The van der Waals surface area contributed by atoms with Crippen LogP contribution < -0.4 is 0 Å². The molecule has 0 aromatic heterocycles. The summed E-state index contributed by atoms with van der Waals surface area (Å²) >= 11 is 0. The summed E-state index contributed by atoms with van der Waals surface area (Å²) in [4.78, 5) is 22.4. The maximum absolute atomic E-state index is 11.4. The number of Topliss-reactive ketones (excluding diaryl/α,β-unsaturated/α-hetero) is 1. The van der Waals surface area contributed by atoms with Gasteiger partial charge in [0.1, 0.15) is 5.78 Å². The summed E-state index contributed by atoms with van der Waals surface area (Å²) in [5, 5.41) is 0. The number of rotatable bonds is 4. The molecular weight excluding hydrogens is 196 g/mol. The minimum Gasteiger partial charge on any atom is -0.469 e. The normalized spacial score (nSPS) is 26.1. The number of esters is 1. The van der Waals surface area contributed by atoms with Gasteiger partial charge in [0.2, 0.25) is 0 Å². The fourth-order valence-corrected chi connectivity index (χ4v) is 1.67. The Balaban J connectivity index is 2.47. The lowest BCUT2D eigenvalue weighted by Gasteiger charge is -2.27. The molecule has 15 heavy (non-hydrogen) atoms. The van der Waals surface area contributed by atoms with E-state index in [2.05, 4.69) is 11.3 Å². The molecule has 1 saturated heterocycles. The largest absolute Gasteiger partial charge is 0.469 e. The molecule has 2 atom stereocenters. The summed E-state index contributed by atoms with van der Waals surface area (Å²) in [6.45, 7) is 3.60. The van der Waals surface area contributed by atoms with Crippen molar-refractivity contribution < 1.29 is 19.1 Å². The second-order valence-electron chi connectivity index (χ2n) is 3.63. The minimum absolute atomic E-state index is 0.126. The average Bonchev–Trinajstić information content (AvgIpc) is 2.17. The van der Waals surface area contributed by atoms with Gasteiger partial charge in [-0.15, -0.1) is 6.58 Å². The van der Waals surface area contributed by atoms with Gasteiger partial charge in [-0.2, -0.15) is 0 Å². The molecule has 1 aliphatic rings. The van der Waals surface area contributed by atoms with E-state index in [0.717, 1.165) is 0 Å². The van der Waals surface area contributed by atoms with E-state index in [9.17, 15) is 9.59 Å². The third-order valence-electron chi connectivity index (χ3n) is 2.35. The molecule has 0 N–H and O–H groups in total. The van der Waals surface area contributed by atoms with E-state index in [-0.39, 0.29) is 30.4 Å². The summed E-state index contributed by atoms with van der Waals surface area (Å²) in [6.07, 6.45) is 2.78. The highest BCUT2D eigenvalue weighted by molar-refractivity contribution is 5.81. The van der Waals surface area contributed by atoms with Crippen molar-refractivity contribution in [1.82, 2.24) is 0 Å². The third-order valence-corrected chi connectivity index (χ3v) is 2.35. The summed E-state index contributed by atoms with van der Waals surface area (Å²) in [5.74, 6) is -0.200. The standard InChI is InChI=1S/C11H16O4/c1-3-4-9-5-8(12)6-10(15-9)7-11(13)14-2/h3,9-10H,1,4-7H2,2H3/t9-,10-/m0/s1. The minimum atomic E-state index is -0.341. The van der Waals surface area contributed by atoms with Crippen molar-refractivity contribution in [1.29, 1.82) is 0 Å². The molecule has 0 radical (unpaired) electrons. The van der Waals surface area contributed by atoms with Crippen molar-refractivity contribution in [3.63, 3.8) is 0 Å². The first-order chi connectivity index (χ1) is 7.15. The number of ketones is 1. The Hall–Kier alpha value is -1.16. The second kappa shape index (κ2) is 5.66. The van der Waals surface area contributed by atoms with Crippen molar-refractivity contribution in [2.75, 3.05) is 7.11 Å². The molecule has 0 amide bonds. The Labute approximate surface area is 89.2 Å². The van der Waals surface area contributed by atoms with E-state index in [1.54, 1.807) is 6.08 Å². The number of ether oxygens (including phenoxy) is 2. The number of carbonyl (C=O) groups excluding carboxylic acids is 2. The van der Waals surface area contributed by atoms with Crippen LogP contribution in [0, 0.1) is 0 Å². The van der Waals surface area contributed by atoms with Crippen LogP contribution in [0.4, 0.5) is 0 Å². The zero-order chi connectivity index (χ0) is 11.3. The summed E-state index contributed by atoms with van der Waals surface area (Å²) in [7, 11) is 1.33. The lowest BCUT2D eigenvalue weighted by molar-refractivity contribution is -0.149. The molecule has 1 aliphatic heterocycles. The number of carbonyl (C=O) groups is 2. The van der Waals surface area contributed by atoms with Crippen LogP contribution in [0.2, 0.25) is 0 Å². The SMILES string of the molecule is C=CC[C@H]1CC(=O)C[C@@H](CC(=O)OC)O1. The molecule has 1 heterocycles. The van der Waals surface area contributed by atoms with Crippen LogP contribution in [0.5, 0.6) is 0 Å². The molecule has 1 rings (SSSR count).